The Morgan fingerprint density at radius 2 is 2.00 bits per heavy atom. The first kappa shape index (κ1) is 11.3. The van der Waals surface area contributed by atoms with Crippen LogP contribution >= 0.6 is 11.6 Å². The summed E-state index contributed by atoms with van der Waals surface area (Å²) in [7, 11) is 1.78. The van der Waals surface area contributed by atoms with Crippen LogP contribution in [-0.4, -0.2) is 18.5 Å². The van der Waals surface area contributed by atoms with Crippen LogP contribution in [0.2, 0.25) is 5.02 Å². The molecule has 0 unspecified atom stereocenters. The van der Waals surface area contributed by atoms with Gasteiger partial charge in [0.15, 0.2) is 0 Å². The van der Waals surface area contributed by atoms with Gasteiger partial charge in [-0.05, 0) is 38.5 Å². The molecule has 1 N–H and O–H groups in total. The van der Waals surface area contributed by atoms with Gasteiger partial charge in [0.25, 0.3) is 5.91 Å². The zero-order chi connectivity index (χ0) is 12.1. The van der Waals surface area contributed by atoms with Gasteiger partial charge in [-0.25, -0.2) is 0 Å². The van der Waals surface area contributed by atoms with Crippen LogP contribution in [0.4, 0.5) is 11.4 Å². The van der Waals surface area contributed by atoms with E-state index >= 15 is 0 Å². The minimum atomic E-state index is -0.569. The lowest BCUT2D eigenvalue weighted by Crippen LogP contribution is -2.52. The van der Waals surface area contributed by atoms with Gasteiger partial charge >= 0.3 is 0 Å². The molecule has 1 amide bonds. The molecule has 0 aromatic heterocycles. The summed E-state index contributed by atoms with van der Waals surface area (Å²) in [5.74, 6) is 0.0432. The smallest absolute Gasteiger partial charge is 0.251 e. The lowest BCUT2D eigenvalue weighted by Gasteiger charge is -2.39. The van der Waals surface area contributed by atoms with E-state index in [1.807, 2.05) is 32.9 Å². The Kier molecular flexibility index (Phi) is 2.39. The first-order chi connectivity index (χ1) is 7.33. The van der Waals surface area contributed by atoms with E-state index in [2.05, 4.69) is 5.32 Å². The summed E-state index contributed by atoms with van der Waals surface area (Å²) in [5.41, 5.74) is 2.31. The van der Waals surface area contributed by atoms with Crippen LogP contribution in [0, 0.1) is 6.92 Å². The van der Waals surface area contributed by atoms with Gasteiger partial charge in [-0.15, -0.1) is 0 Å². The van der Waals surface area contributed by atoms with Crippen molar-refractivity contribution in [3.63, 3.8) is 0 Å². The Morgan fingerprint density at radius 1 is 1.38 bits per heavy atom. The van der Waals surface area contributed by atoms with Crippen LogP contribution in [0.15, 0.2) is 12.1 Å². The average molecular weight is 239 g/mol. The number of nitrogens with zero attached hydrogens (tertiary/aromatic N) is 1. The fourth-order valence-corrected chi connectivity index (χ4v) is 2.31. The first-order valence-corrected chi connectivity index (χ1v) is 5.57. The Labute approximate surface area is 100 Å². The largest absolute Gasteiger partial charge is 0.370 e. The summed E-state index contributed by atoms with van der Waals surface area (Å²) in [5, 5.41) is 3.91. The van der Waals surface area contributed by atoms with Gasteiger partial charge in [0.2, 0.25) is 0 Å². The molecule has 2 rings (SSSR count). The van der Waals surface area contributed by atoms with Crippen LogP contribution in [0.25, 0.3) is 0 Å². The van der Waals surface area contributed by atoms with Gasteiger partial charge < -0.3 is 10.2 Å². The average Bonchev–Trinajstić information content (AvgIpc) is 2.17. The number of aryl methyl sites for hydroxylation is 1. The summed E-state index contributed by atoms with van der Waals surface area (Å²) in [6.45, 7) is 5.74. The number of likely N-dealkylation sites (N-methyl/N-ethyl adjacent to an activating group) is 1. The Bertz CT molecular complexity index is 468. The third-order valence-corrected chi connectivity index (χ3v) is 3.14. The number of fused-ring (bicyclic) bond motifs is 1. The highest BCUT2D eigenvalue weighted by atomic mass is 35.5. The van der Waals surface area contributed by atoms with Crippen LogP contribution in [0.5, 0.6) is 0 Å². The monoisotopic (exact) mass is 238 g/mol. The second-order valence-electron chi connectivity index (χ2n) is 4.73. The number of carbonyl (C=O) groups excluding carboxylic acids is 1. The Morgan fingerprint density at radius 3 is 2.62 bits per heavy atom. The number of anilines is 2. The minimum absolute atomic E-state index is 0.0432. The lowest BCUT2D eigenvalue weighted by atomic mass is 9.97. The molecule has 4 heteroatoms. The molecule has 1 aliphatic rings. The van der Waals surface area contributed by atoms with Gasteiger partial charge in [-0.1, -0.05) is 11.6 Å². The topological polar surface area (TPSA) is 32.3 Å². The molecule has 16 heavy (non-hydrogen) atoms. The standard InChI is InChI=1S/C12H15ClN2O/c1-7-5-8(13)6-9-10(7)14-12(2,3)11(16)15(9)4/h5-6,14H,1-4H3. The number of halogens is 1. The molecule has 0 atom stereocenters. The van der Waals surface area contributed by atoms with Gasteiger partial charge in [0, 0.05) is 12.1 Å². The highest BCUT2D eigenvalue weighted by Crippen LogP contribution is 2.38. The van der Waals surface area contributed by atoms with E-state index in [1.54, 1.807) is 11.9 Å². The van der Waals surface area contributed by atoms with E-state index in [0.717, 1.165) is 16.9 Å². The zero-order valence-electron chi connectivity index (χ0n) is 9.89. The fourth-order valence-electron chi connectivity index (χ4n) is 2.05. The van der Waals surface area contributed by atoms with Crippen molar-refractivity contribution in [3.8, 4) is 0 Å². The van der Waals surface area contributed by atoms with Crippen molar-refractivity contribution in [1.29, 1.82) is 0 Å². The van der Waals surface area contributed by atoms with Crippen molar-refractivity contribution in [2.24, 2.45) is 0 Å². The molecule has 3 nitrogen and oxygen atoms in total. The molecule has 86 valence electrons. The number of benzene rings is 1. The summed E-state index contributed by atoms with van der Waals surface area (Å²) < 4.78 is 0. The highest BCUT2D eigenvalue weighted by Gasteiger charge is 2.37. The van der Waals surface area contributed by atoms with E-state index in [9.17, 15) is 4.79 Å². The minimum Gasteiger partial charge on any atom is -0.370 e. The predicted molar refractivity (Wildman–Crippen MR) is 67.3 cm³/mol. The molecular weight excluding hydrogens is 224 g/mol. The molecule has 0 aliphatic carbocycles. The van der Waals surface area contributed by atoms with Gasteiger partial charge in [-0.2, -0.15) is 0 Å². The van der Waals surface area contributed by atoms with Crippen LogP contribution in [0.1, 0.15) is 19.4 Å². The van der Waals surface area contributed by atoms with Crippen LogP contribution < -0.4 is 10.2 Å². The molecule has 0 fully saturated rings. The van der Waals surface area contributed by atoms with Gasteiger partial charge in [0.05, 0.1) is 11.4 Å². The maximum absolute atomic E-state index is 12.1. The molecular formula is C12H15ClN2O. The second-order valence-corrected chi connectivity index (χ2v) is 5.17. The maximum Gasteiger partial charge on any atom is 0.251 e. The molecule has 1 heterocycles. The van der Waals surface area contributed by atoms with Crippen LogP contribution in [-0.2, 0) is 4.79 Å². The Balaban J connectivity index is 2.64. The van der Waals surface area contributed by atoms with E-state index in [0.29, 0.717) is 5.02 Å². The van der Waals surface area contributed by atoms with Crippen molar-refractivity contribution in [3.05, 3.63) is 22.7 Å². The number of hydrogen-bond acceptors (Lipinski definition) is 2. The molecule has 0 bridgehead atoms. The Hall–Kier alpha value is -1.22. The summed E-state index contributed by atoms with van der Waals surface area (Å²) in [6.07, 6.45) is 0. The van der Waals surface area contributed by atoms with Crippen molar-refractivity contribution >= 4 is 28.9 Å². The van der Waals surface area contributed by atoms with Gasteiger partial charge in [0.1, 0.15) is 5.54 Å². The molecule has 0 radical (unpaired) electrons. The van der Waals surface area contributed by atoms with E-state index < -0.39 is 5.54 Å². The third kappa shape index (κ3) is 1.55. The second kappa shape index (κ2) is 3.39. The number of hydrogen-bond donors (Lipinski definition) is 1. The third-order valence-electron chi connectivity index (χ3n) is 2.92. The van der Waals surface area contributed by atoms with Gasteiger partial charge in [-0.3, -0.25) is 4.79 Å². The van der Waals surface area contributed by atoms with E-state index in [1.165, 1.54) is 0 Å². The van der Waals surface area contributed by atoms with Crippen molar-refractivity contribution in [2.45, 2.75) is 26.3 Å². The van der Waals surface area contributed by atoms with E-state index in [4.69, 9.17) is 11.6 Å². The molecule has 0 saturated heterocycles. The van der Waals surface area contributed by atoms with Crippen LogP contribution in [0.3, 0.4) is 0 Å². The normalized spacial score (nSPS) is 18.1. The number of rotatable bonds is 0. The van der Waals surface area contributed by atoms with Crippen molar-refractivity contribution in [1.82, 2.24) is 0 Å². The van der Waals surface area contributed by atoms with Crippen molar-refractivity contribution in [2.75, 3.05) is 17.3 Å². The summed E-state index contributed by atoms with van der Waals surface area (Å²) >= 11 is 6.00. The zero-order valence-corrected chi connectivity index (χ0v) is 10.6. The highest BCUT2D eigenvalue weighted by molar-refractivity contribution is 6.31. The molecule has 0 spiro atoms. The lowest BCUT2D eigenvalue weighted by molar-refractivity contribution is -0.121. The summed E-state index contributed by atoms with van der Waals surface area (Å²) in [4.78, 5) is 13.7. The quantitative estimate of drug-likeness (QED) is 0.754. The number of amides is 1. The van der Waals surface area contributed by atoms with Crippen molar-refractivity contribution < 1.29 is 4.79 Å². The molecule has 1 aromatic carbocycles. The predicted octanol–water partition coefficient (Wildman–Crippen LogP) is 2.82. The molecule has 1 aromatic rings. The number of nitrogens with one attached hydrogen (secondary N) is 1. The van der Waals surface area contributed by atoms with E-state index in [-0.39, 0.29) is 5.91 Å². The summed E-state index contributed by atoms with van der Waals surface area (Å²) in [6, 6.07) is 3.71. The first-order valence-electron chi connectivity index (χ1n) is 5.19. The SMILES string of the molecule is Cc1cc(Cl)cc2c1NC(C)(C)C(=O)N2C. The number of carbonyl (C=O) groups is 1. The molecule has 1 aliphatic heterocycles. The maximum atomic E-state index is 12.1. The molecule has 0 saturated carbocycles. The fraction of sp³-hybridized carbons (Fsp3) is 0.417.